The van der Waals surface area contributed by atoms with Crippen molar-refractivity contribution in [1.82, 2.24) is 29.5 Å². The number of nitrogen functional groups attached to an aromatic ring is 1. The lowest BCUT2D eigenvalue weighted by atomic mass is 9.98. The molecule has 0 saturated carbocycles. The van der Waals surface area contributed by atoms with E-state index in [-0.39, 0.29) is 11.7 Å². The molecule has 7 rings (SSSR count). The van der Waals surface area contributed by atoms with Gasteiger partial charge in [0.05, 0.1) is 28.5 Å². The van der Waals surface area contributed by atoms with Gasteiger partial charge in [-0.25, -0.2) is 9.67 Å². The SMILES string of the molecule is Cc1nc2ccc(-n3ncc(C(=O)C4=Cc5cc(C(=O)N6CCC(N7CCCCC7)CC6)ccc5C4)c3N)cc2[nH]1. The number of nitrogens with zero attached hydrogens (tertiary/aromatic N) is 5. The van der Waals surface area contributed by atoms with Crippen molar-refractivity contribution in [2.45, 2.75) is 51.5 Å². The van der Waals surface area contributed by atoms with Gasteiger partial charge in [-0.2, -0.15) is 5.10 Å². The minimum atomic E-state index is -0.143. The zero-order valence-electron chi connectivity index (χ0n) is 23.4. The Kier molecular flexibility index (Phi) is 6.46. The predicted octanol–water partition coefficient (Wildman–Crippen LogP) is 4.55. The molecule has 2 aromatic carbocycles. The number of benzene rings is 2. The van der Waals surface area contributed by atoms with Crippen LogP contribution in [0.3, 0.4) is 0 Å². The van der Waals surface area contributed by atoms with E-state index >= 15 is 0 Å². The molecule has 0 unspecified atom stereocenters. The first kappa shape index (κ1) is 25.7. The Balaban J connectivity index is 1.05. The van der Waals surface area contributed by atoms with Crippen molar-refractivity contribution in [2.24, 2.45) is 0 Å². The highest BCUT2D eigenvalue weighted by atomic mass is 16.2. The van der Waals surface area contributed by atoms with Crippen LogP contribution in [0.2, 0.25) is 0 Å². The molecule has 4 heterocycles. The molecule has 2 saturated heterocycles. The molecule has 3 aliphatic rings. The average Bonchev–Trinajstić information content (AvgIpc) is 3.71. The predicted molar refractivity (Wildman–Crippen MR) is 159 cm³/mol. The maximum atomic E-state index is 13.5. The summed E-state index contributed by atoms with van der Waals surface area (Å²) < 4.78 is 1.58. The van der Waals surface area contributed by atoms with Crippen LogP contribution < -0.4 is 5.73 Å². The summed E-state index contributed by atoms with van der Waals surface area (Å²) in [5, 5.41) is 4.42. The lowest BCUT2D eigenvalue weighted by molar-refractivity contribution is 0.0590. The summed E-state index contributed by atoms with van der Waals surface area (Å²) in [7, 11) is 0. The highest BCUT2D eigenvalue weighted by Crippen LogP contribution is 2.31. The van der Waals surface area contributed by atoms with Crippen LogP contribution >= 0.6 is 0 Å². The number of aryl methyl sites for hydroxylation is 1. The maximum Gasteiger partial charge on any atom is 0.253 e. The normalized spacial score (nSPS) is 18.1. The van der Waals surface area contributed by atoms with Gasteiger partial charge in [-0.3, -0.25) is 9.59 Å². The number of ketones is 1. The molecule has 1 aliphatic carbocycles. The summed E-state index contributed by atoms with van der Waals surface area (Å²) in [6, 6.07) is 12.1. The fraction of sp³-hybridized carbons (Fsp3) is 0.375. The van der Waals surface area contributed by atoms with Crippen LogP contribution in [-0.2, 0) is 6.42 Å². The number of fused-ring (bicyclic) bond motifs is 2. The highest BCUT2D eigenvalue weighted by Gasteiger charge is 2.29. The lowest BCUT2D eigenvalue weighted by Gasteiger charge is -2.40. The zero-order valence-corrected chi connectivity index (χ0v) is 23.4. The number of Topliss-reactive ketones (excluding diaryl/α,β-unsaturated/α-hetero) is 1. The summed E-state index contributed by atoms with van der Waals surface area (Å²) in [6.45, 7) is 5.90. The second kappa shape index (κ2) is 10.3. The van der Waals surface area contributed by atoms with Gasteiger partial charge < -0.3 is 20.5 Å². The Hall–Kier alpha value is -4.24. The third kappa shape index (κ3) is 4.74. The largest absolute Gasteiger partial charge is 0.383 e. The molecule has 2 aliphatic heterocycles. The van der Waals surface area contributed by atoms with E-state index in [4.69, 9.17) is 5.73 Å². The minimum absolute atomic E-state index is 0.0769. The molecule has 0 bridgehead atoms. The van der Waals surface area contributed by atoms with Gasteiger partial charge in [0.15, 0.2) is 5.78 Å². The number of aromatic nitrogens is 4. The summed E-state index contributed by atoms with van der Waals surface area (Å²) >= 11 is 0. The van der Waals surface area contributed by atoms with Crippen LogP contribution in [0.1, 0.15) is 69.8 Å². The number of H-pyrrole nitrogens is 1. The number of amides is 1. The molecule has 2 fully saturated rings. The van der Waals surface area contributed by atoms with Crippen molar-refractivity contribution in [3.05, 3.63) is 76.2 Å². The Labute approximate surface area is 239 Å². The van der Waals surface area contributed by atoms with Crippen LogP contribution in [0.25, 0.3) is 22.8 Å². The van der Waals surface area contributed by atoms with Gasteiger partial charge in [0, 0.05) is 36.7 Å². The molecule has 2 aromatic heterocycles. The van der Waals surface area contributed by atoms with E-state index in [1.165, 1.54) is 38.5 Å². The van der Waals surface area contributed by atoms with Gasteiger partial charge >= 0.3 is 0 Å². The van der Waals surface area contributed by atoms with Gasteiger partial charge in [-0.05, 0) is 93.2 Å². The van der Waals surface area contributed by atoms with Crippen molar-refractivity contribution < 1.29 is 9.59 Å². The third-order valence-electron chi connectivity index (χ3n) is 8.93. The number of carbonyl (C=O) groups excluding carboxylic acids is 2. The molecule has 0 spiro atoms. The second-order valence-corrected chi connectivity index (χ2v) is 11.6. The molecule has 4 aromatic rings. The third-order valence-corrected chi connectivity index (χ3v) is 8.93. The van der Waals surface area contributed by atoms with E-state index in [1.54, 1.807) is 4.68 Å². The van der Waals surface area contributed by atoms with E-state index in [1.807, 2.05) is 54.3 Å². The number of piperidine rings is 2. The zero-order chi connectivity index (χ0) is 28.1. The Morgan fingerprint density at radius 1 is 1.00 bits per heavy atom. The first-order valence-electron chi connectivity index (χ1n) is 14.7. The van der Waals surface area contributed by atoms with Crippen molar-refractivity contribution >= 4 is 34.6 Å². The molecule has 1 amide bonds. The summed E-state index contributed by atoms with van der Waals surface area (Å²) in [6.07, 6.45) is 9.95. The molecule has 3 N–H and O–H groups in total. The first-order chi connectivity index (χ1) is 19.9. The van der Waals surface area contributed by atoms with E-state index in [0.29, 0.717) is 35.0 Å². The second-order valence-electron chi connectivity index (χ2n) is 11.6. The van der Waals surface area contributed by atoms with Crippen LogP contribution in [0.15, 0.2) is 48.2 Å². The number of rotatable bonds is 5. The number of aromatic amines is 1. The molecule has 9 nitrogen and oxygen atoms in total. The summed E-state index contributed by atoms with van der Waals surface area (Å²) in [5.41, 5.74) is 12.6. The van der Waals surface area contributed by atoms with Crippen LogP contribution in [0.5, 0.6) is 0 Å². The number of nitrogens with one attached hydrogen (secondary N) is 1. The Morgan fingerprint density at radius 2 is 1.80 bits per heavy atom. The topological polar surface area (TPSA) is 113 Å². The molecular formula is C32H35N7O2. The van der Waals surface area contributed by atoms with E-state index in [2.05, 4.69) is 20.0 Å². The number of hydrogen-bond donors (Lipinski definition) is 2. The number of nitrogens with two attached hydrogens (primary N) is 1. The van der Waals surface area contributed by atoms with E-state index in [9.17, 15) is 9.59 Å². The number of likely N-dealkylation sites (tertiary alicyclic amines) is 2. The average molecular weight is 550 g/mol. The number of anilines is 1. The number of hydrogen-bond acceptors (Lipinski definition) is 6. The van der Waals surface area contributed by atoms with Gasteiger partial charge in [-0.15, -0.1) is 0 Å². The molecular weight excluding hydrogens is 514 g/mol. The van der Waals surface area contributed by atoms with Crippen molar-refractivity contribution in [1.29, 1.82) is 0 Å². The lowest BCUT2D eigenvalue weighted by Crippen LogP contribution is -2.48. The molecule has 0 radical (unpaired) electrons. The smallest absolute Gasteiger partial charge is 0.253 e. The monoisotopic (exact) mass is 549 g/mol. The number of carbonyl (C=O) groups is 2. The molecule has 0 atom stereocenters. The summed E-state index contributed by atoms with van der Waals surface area (Å²) in [4.78, 5) is 39.2. The number of imidazole rings is 1. The maximum absolute atomic E-state index is 13.5. The first-order valence-corrected chi connectivity index (χ1v) is 14.7. The molecule has 41 heavy (non-hydrogen) atoms. The molecule has 9 heteroatoms. The van der Waals surface area contributed by atoms with Crippen molar-refractivity contribution in [2.75, 3.05) is 31.9 Å². The quantitative estimate of drug-likeness (QED) is 0.353. The molecule has 210 valence electrons. The van der Waals surface area contributed by atoms with E-state index in [0.717, 1.165) is 59.6 Å². The van der Waals surface area contributed by atoms with Crippen molar-refractivity contribution in [3.63, 3.8) is 0 Å². The number of allylic oxidation sites excluding steroid dienone is 1. The van der Waals surface area contributed by atoms with Gasteiger partial charge in [0.1, 0.15) is 11.6 Å². The fourth-order valence-electron chi connectivity index (χ4n) is 6.68. The fourth-order valence-corrected chi connectivity index (χ4v) is 6.68. The van der Waals surface area contributed by atoms with Crippen molar-refractivity contribution in [3.8, 4) is 5.69 Å². The Morgan fingerprint density at radius 3 is 2.61 bits per heavy atom. The minimum Gasteiger partial charge on any atom is -0.383 e. The highest BCUT2D eigenvalue weighted by molar-refractivity contribution is 6.15. The summed E-state index contributed by atoms with van der Waals surface area (Å²) in [5.74, 6) is 1.06. The van der Waals surface area contributed by atoms with Crippen LogP contribution in [-0.4, -0.2) is 73.5 Å². The standard InChI is InChI=1S/C32H35N7O2/c1-20-35-28-8-7-26(18-29(28)36-20)39-31(33)27(19-34-39)30(40)24-15-21-5-6-22(16-23(21)17-24)32(41)38-13-9-25(10-14-38)37-11-3-2-4-12-37/h5-8,16-19,25H,2-4,9-15,33H2,1H3,(H,35,36). The van der Waals surface area contributed by atoms with Crippen LogP contribution in [0.4, 0.5) is 5.82 Å². The van der Waals surface area contributed by atoms with Gasteiger partial charge in [0.2, 0.25) is 0 Å². The van der Waals surface area contributed by atoms with Gasteiger partial charge in [0.25, 0.3) is 5.91 Å². The van der Waals surface area contributed by atoms with E-state index < -0.39 is 0 Å². The van der Waals surface area contributed by atoms with Gasteiger partial charge in [-0.1, -0.05) is 12.5 Å². The Bertz CT molecular complexity index is 1680. The van der Waals surface area contributed by atoms with Crippen LogP contribution in [0, 0.1) is 6.92 Å².